The third-order valence-corrected chi connectivity index (χ3v) is 2.86. The van der Waals surface area contributed by atoms with Crippen molar-refractivity contribution in [3.63, 3.8) is 0 Å². The van der Waals surface area contributed by atoms with Gasteiger partial charge in [0, 0.05) is 24.9 Å². The second-order valence-electron chi connectivity index (χ2n) is 4.10. The number of methoxy groups -OCH3 is 1. The molecule has 0 aliphatic rings. The Morgan fingerprint density at radius 2 is 2.00 bits per heavy atom. The van der Waals surface area contributed by atoms with E-state index in [9.17, 15) is 0 Å². The lowest BCUT2D eigenvalue weighted by Crippen LogP contribution is -1.90. The number of imidazole rings is 1. The zero-order valence-corrected chi connectivity index (χ0v) is 10.1. The molecular weight excluding hydrogens is 226 g/mol. The van der Waals surface area contributed by atoms with Gasteiger partial charge in [-0.25, -0.2) is 4.98 Å². The standard InChI is InChI=1S/C14H13N3O/c1-18-11-2-3-12-13(9-11)17-14(16-12)8-10-4-6-15-7-5-10/h2-7,9H,8H2,1H3,(H,16,17). The average Bonchev–Trinajstić information content (AvgIpc) is 2.80. The number of pyridine rings is 1. The molecule has 1 N–H and O–H groups in total. The van der Waals surface area contributed by atoms with Crippen LogP contribution < -0.4 is 4.74 Å². The highest BCUT2D eigenvalue weighted by Crippen LogP contribution is 2.19. The SMILES string of the molecule is COc1ccc2nc(Cc3ccncc3)[nH]c2c1. The molecule has 0 spiro atoms. The van der Waals surface area contributed by atoms with Crippen molar-refractivity contribution in [2.24, 2.45) is 0 Å². The summed E-state index contributed by atoms with van der Waals surface area (Å²) in [5.74, 6) is 1.78. The maximum atomic E-state index is 5.19. The number of rotatable bonds is 3. The van der Waals surface area contributed by atoms with E-state index in [2.05, 4.69) is 15.0 Å². The highest BCUT2D eigenvalue weighted by atomic mass is 16.5. The van der Waals surface area contributed by atoms with Crippen molar-refractivity contribution in [2.75, 3.05) is 7.11 Å². The van der Waals surface area contributed by atoms with Crippen molar-refractivity contribution < 1.29 is 4.74 Å². The van der Waals surface area contributed by atoms with Gasteiger partial charge in [-0.15, -0.1) is 0 Å². The molecule has 3 rings (SSSR count). The second kappa shape index (κ2) is 4.49. The summed E-state index contributed by atoms with van der Waals surface area (Å²) >= 11 is 0. The number of nitrogens with one attached hydrogen (secondary N) is 1. The zero-order chi connectivity index (χ0) is 12.4. The molecule has 90 valence electrons. The first-order valence-electron chi connectivity index (χ1n) is 5.77. The average molecular weight is 239 g/mol. The van der Waals surface area contributed by atoms with E-state index in [0.29, 0.717) is 0 Å². The molecule has 1 aromatic carbocycles. The number of hydrogen-bond donors (Lipinski definition) is 1. The van der Waals surface area contributed by atoms with Crippen LogP contribution in [0.15, 0.2) is 42.7 Å². The minimum Gasteiger partial charge on any atom is -0.497 e. The van der Waals surface area contributed by atoms with E-state index in [0.717, 1.165) is 29.0 Å². The van der Waals surface area contributed by atoms with Gasteiger partial charge in [-0.3, -0.25) is 4.98 Å². The Labute approximate surface area is 105 Å². The maximum absolute atomic E-state index is 5.19. The molecule has 0 bridgehead atoms. The zero-order valence-electron chi connectivity index (χ0n) is 10.1. The molecular formula is C14H13N3O. The van der Waals surface area contributed by atoms with Crippen LogP contribution in [0.2, 0.25) is 0 Å². The van der Waals surface area contributed by atoms with Gasteiger partial charge >= 0.3 is 0 Å². The van der Waals surface area contributed by atoms with Crippen LogP contribution in [-0.2, 0) is 6.42 Å². The summed E-state index contributed by atoms with van der Waals surface area (Å²) < 4.78 is 5.19. The smallest absolute Gasteiger partial charge is 0.121 e. The van der Waals surface area contributed by atoms with Gasteiger partial charge in [-0.1, -0.05) is 0 Å². The fourth-order valence-electron chi connectivity index (χ4n) is 1.95. The van der Waals surface area contributed by atoms with E-state index in [-0.39, 0.29) is 0 Å². The Bertz CT molecular complexity index is 661. The molecule has 2 aromatic heterocycles. The second-order valence-corrected chi connectivity index (χ2v) is 4.10. The third kappa shape index (κ3) is 2.05. The molecule has 2 heterocycles. The molecule has 18 heavy (non-hydrogen) atoms. The normalized spacial score (nSPS) is 10.7. The lowest BCUT2D eigenvalue weighted by Gasteiger charge is -1.97. The number of H-pyrrole nitrogens is 1. The lowest BCUT2D eigenvalue weighted by atomic mass is 10.2. The van der Waals surface area contributed by atoms with E-state index in [4.69, 9.17) is 4.74 Å². The van der Waals surface area contributed by atoms with E-state index >= 15 is 0 Å². The van der Waals surface area contributed by atoms with Gasteiger partial charge in [0.05, 0.1) is 18.1 Å². The van der Waals surface area contributed by atoms with Crippen LogP contribution in [0.5, 0.6) is 5.75 Å². The van der Waals surface area contributed by atoms with Crippen LogP contribution in [0, 0.1) is 0 Å². The Hall–Kier alpha value is -2.36. The molecule has 4 heteroatoms. The summed E-state index contributed by atoms with van der Waals surface area (Å²) in [5, 5.41) is 0. The molecule has 0 saturated carbocycles. The van der Waals surface area contributed by atoms with E-state index in [1.54, 1.807) is 19.5 Å². The number of ether oxygens (including phenoxy) is 1. The van der Waals surface area contributed by atoms with Crippen molar-refractivity contribution in [2.45, 2.75) is 6.42 Å². The molecule has 0 aliphatic carbocycles. The van der Waals surface area contributed by atoms with Crippen molar-refractivity contribution in [1.29, 1.82) is 0 Å². The summed E-state index contributed by atoms with van der Waals surface area (Å²) in [7, 11) is 1.66. The van der Waals surface area contributed by atoms with Crippen LogP contribution in [0.4, 0.5) is 0 Å². The predicted octanol–water partition coefficient (Wildman–Crippen LogP) is 2.56. The fourth-order valence-corrected chi connectivity index (χ4v) is 1.95. The molecule has 0 fully saturated rings. The number of aromatic nitrogens is 3. The molecule has 3 aromatic rings. The summed E-state index contributed by atoms with van der Waals surface area (Å²) in [4.78, 5) is 11.9. The highest BCUT2D eigenvalue weighted by Gasteiger charge is 2.04. The Morgan fingerprint density at radius 3 is 2.78 bits per heavy atom. The van der Waals surface area contributed by atoms with Crippen molar-refractivity contribution in [3.05, 3.63) is 54.1 Å². The van der Waals surface area contributed by atoms with E-state index < -0.39 is 0 Å². The van der Waals surface area contributed by atoms with Gasteiger partial charge in [0.25, 0.3) is 0 Å². The minimum atomic E-state index is 0.777. The maximum Gasteiger partial charge on any atom is 0.121 e. The molecule has 0 aliphatic heterocycles. The first kappa shape index (κ1) is 10.8. The Morgan fingerprint density at radius 1 is 1.17 bits per heavy atom. The molecule has 0 radical (unpaired) electrons. The quantitative estimate of drug-likeness (QED) is 0.764. The van der Waals surface area contributed by atoms with Crippen LogP contribution in [0.3, 0.4) is 0 Å². The minimum absolute atomic E-state index is 0.777. The number of hydrogen-bond acceptors (Lipinski definition) is 3. The molecule has 0 amide bonds. The third-order valence-electron chi connectivity index (χ3n) is 2.86. The first-order valence-corrected chi connectivity index (χ1v) is 5.77. The number of benzene rings is 1. The van der Waals surface area contributed by atoms with Gasteiger partial charge in [0.1, 0.15) is 11.6 Å². The van der Waals surface area contributed by atoms with Crippen LogP contribution >= 0.6 is 0 Å². The van der Waals surface area contributed by atoms with Crippen molar-refractivity contribution in [1.82, 2.24) is 15.0 Å². The first-order chi connectivity index (χ1) is 8.85. The van der Waals surface area contributed by atoms with Crippen LogP contribution in [-0.4, -0.2) is 22.1 Å². The predicted molar refractivity (Wildman–Crippen MR) is 69.7 cm³/mol. The largest absolute Gasteiger partial charge is 0.497 e. The Kier molecular flexibility index (Phi) is 2.68. The monoisotopic (exact) mass is 239 g/mol. The van der Waals surface area contributed by atoms with E-state index in [1.165, 1.54) is 5.56 Å². The Balaban J connectivity index is 1.94. The molecule has 0 saturated heterocycles. The topological polar surface area (TPSA) is 50.8 Å². The number of nitrogens with zero attached hydrogens (tertiary/aromatic N) is 2. The van der Waals surface area contributed by atoms with Gasteiger partial charge in [0.15, 0.2) is 0 Å². The summed E-state index contributed by atoms with van der Waals surface area (Å²) in [5.41, 5.74) is 3.15. The lowest BCUT2D eigenvalue weighted by molar-refractivity contribution is 0.415. The van der Waals surface area contributed by atoms with Crippen molar-refractivity contribution >= 4 is 11.0 Å². The molecule has 0 unspecified atom stereocenters. The molecule has 0 atom stereocenters. The van der Waals surface area contributed by atoms with Crippen molar-refractivity contribution in [3.8, 4) is 5.75 Å². The number of fused-ring (bicyclic) bond motifs is 1. The van der Waals surface area contributed by atoms with E-state index in [1.807, 2.05) is 30.3 Å². The molecule has 4 nitrogen and oxygen atoms in total. The highest BCUT2D eigenvalue weighted by molar-refractivity contribution is 5.76. The van der Waals surface area contributed by atoms with Gasteiger partial charge in [-0.2, -0.15) is 0 Å². The van der Waals surface area contributed by atoms with Gasteiger partial charge in [-0.05, 0) is 29.8 Å². The van der Waals surface area contributed by atoms with Crippen LogP contribution in [0.1, 0.15) is 11.4 Å². The fraction of sp³-hybridized carbons (Fsp3) is 0.143. The summed E-state index contributed by atoms with van der Waals surface area (Å²) in [6.45, 7) is 0. The van der Waals surface area contributed by atoms with Gasteiger partial charge in [0.2, 0.25) is 0 Å². The summed E-state index contributed by atoms with van der Waals surface area (Å²) in [6.07, 6.45) is 4.36. The van der Waals surface area contributed by atoms with Crippen LogP contribution in [0.25, 0.3) is 11.0 Å². The van der Waals surface area contributed by atoms with Gasteiger partial charge < -0.3 is 9.72 Å². The number of aromatic amines is 1. The summed E-state index contributed by atoms with van der Waals surface area (Å²) in [6, 6.07) is 9.82.